The molecule has 1 atom stereocenters. The van der Waals surface area contributed by atoms with Crippen LogP contribution in [0.5, 0.6) is 0 Å². The van der Waals surface area contributed by atoms with Crippen LogP contribution < -0.4 is 10.9 Å². The minimum atomic E-state index is -0.516. The molecule has 2 aromatic carbocycles. The maximum Gasteiger partial charge on any atom is 0.281 e. The van der Waals surface area contributed by atoms with E-state index >= 15 is 0 Å². The summed E-state index contributed by atoms with van der Waals surface area (Å²) in [7, 11) is 0. The first-order valence-corrected chi connectivity index (χ1v) is 9.97. The maximum absolute atomic E-state index is 13.2. The number of amides is 1. The third-order valence-corrected chi connectivity index (χ3v) is 5.58. The van der Waals surface area contributed by atoms with Gasteiger partial charge in [-0.05, 0) is 57.2 Å². The van der Waals surface area contributed by atoms with Crippen molar-refractivity contribution >= 4 is 34.0 Å². The molecule has 30 heavy (non-hydrogen) atoms. The second-order valence-corrected chi connectivity index (χ2v) is 7.64. The largest absolute Gasteiger partial charge is 0.336 e. The Morgan fingerprint density at radius 3 is 2.37 bits per heavy atom. The second kappa shape index (κ2) is 7.80. The first kappa shape index (κ1) is 19.9. The van der Waals surface area contributed by atoms with E-state index in [1.54, 1.807) is 30.5 Å². The Bertz CT molecular complexity index is 1290. The minimum Gasteiger partial charge on any atom is -0.336 e. The van der Waals surface area contributed by atoms with Crippen molar-refractivity contribution in [1.29, 1.82) is 0 Å². The number of benzene rings is 2. The number of carbonyl (C=O) groups excluding carboxylic acids is 1. The van der Waals surface area contributed by atoms with Gasteiger partial charge in [0.25, 0.3) is 5.56 Å². The van der Waals surface area contributed by atoms with E-state index in [-0.39, 0.29) is 11.5 Å². The van der Waals surface area contributed by atoms with Gasteiger partial charge in [-0.2, -0.15) is 9.78 Å². The molecule has 1 amide bonds. The molecule has 152 valence electrons. The topological polar surface area (TPSA) is 68.9 Å². The number of aryl methyl sites for hydroxylation is 2. The molecule has 6 nitrogen and oxygen atoms in total. The van der Waals surface area contributed by atoms with Crippen LogP contribution in [-0.2, 0) is 4.79 Å². The summed E-state index contributed by atoms with van der Waals surface area (Å²) < 4.78 is 3.27. The van der Waals surface area contributed by atoms with E-state index in [0.29, 0.717) is 21.8 Å². The Hall–Kier alpha value is -3.38. The number of halogens is 1. The fourth-order valence-electron chi connectivity index (χ4n) is 3.81. The molecule has 0 fully saturated rings. The third-order valence-electron chi connectivity index (χ3n) is 5.33. The van der Waals surface area contributed by atoms with E-state index in [4.69, 9.17) is 11.6 Å². The van der Waals surface area contributed by atoms with Crippen molar-refractivity contribution in [3.8, 4) is 5.69 Å². The number of anilines is 1. The lowest BCUT2D eigenvalue weighted by Crippen LogP contribution is -2.25. The lowest BCUT2D eigenvalue weighted by Gasteiger charge is -2.18. The molecule has 4 rings (SSSR count). The molecule has 0 aliphatic heterocycles. The maximum atomic E-state index is 13.2. The fourth-order valence-corrected chi connectivity index (χ4v) is 3.94. The molecule has 4 aromatic rings. The lowest BCUT2D eigenvalue weighted by atomic mass is 10.2. The lowest BCUT2D eigenvalue weighted by molar-refractivity contribution is -0.118. The van der Waals surface area contributed by atoms with Crippen LogP contribution in [0.1, 0.15) is 24.4 Å². The van der Waals surface area contributed by atoms with Gasteiger partial charge in [0.2, 0.25) is 5.91 Å². The third kappa shape index (κ3) is 3.39. The van der Waals surface area contributed by atoms with Crippen LogP contribution in [0.4, 0.5) is 5.69 Å². The summed E-state index contributed by atoms with van der Waals surface area (Å²) >= 11 is 5.91. The van der Waals surface area contributed by atoms with Crippen molar-refractivity contribution in [1.82, 2.24) is 14.3 Å². The van der Waals surface area contributed by atoms with Gasteiger partial charge in [-0.15, -0.1) is 0 Å². The number of hydrogen-bond acceptors (Lipinski definition) is 3. The van der Waals surface area contributed by atoms with Gasteiger partial charge in [-0.1, -0.05) is 29.8 Å². The van der Waals surface area contributed by atoms with E-state index in [9.17, 15) is 9.59 Å². The summed E-state index contributed by atoms with van der Waals surface area (Å²) in [4.78, 5) is 26.1. The standard InChI is InChI=1S/C23H21ClN4O2/c1-14-20-13-25-28(19-7-5-4-6-8-19)23(30)21(20)15(2)27(14)16(3)22(29)26-18-11-9-17(24)10-12-18/h4-13,16H,1-3H3,(H,26,29). The van der Waals surface area contributed by atoms with Crippen LogP contribution in [0.3, 0.4) is 0 Å². The number of hydrogen-bond donors (Lipinski definition) is 1. The zero-order valence-electron chi connectivity index (χ0n) is 16.9. The molecule has 0 saturated heterocycles. The first-order valence-electron chi connectivity index (χ1n) is 9.59. The molecule has 1 N–H and O–H groups in total. The van der Waals surface area contributed by atoms with Crippen LogP contribution in [0.15, 0.2) is 65.6 Å². The monoisotopic (exact) mass is 420 g/mol. The summed E-state index contributed by atoms with van der Waals surface area (Å²) in [5.41, 5.74) is 2.71. The van der Waals surface area contributed by atoms with Gasteiger partial charge in [0.15, 0.2) is 0 Å². The SMILES string of the molecule is Cc1c2cnn(-c3ccccc3)c(=O)c2c(C)n1C(C)C(=O)Nc1ccc(Cl)cc1. The average molecular weight is 421 g/mol. The van der Waals surface area contributed by atoms with Gasteiger partial charge in [0.1, 0.15) is 6.04 Å². The van der Waals surface area contributed by atoms with Crippen molar-refractivity contribution in [3.05, 3.63) is 87.6 Å². The molecule has 1 unspecified atom stereocenters. The zero-order valence-corrected chi connectivity index (χ0v) is 17.6. The number of nitrogens with zero attached hydrogens (tertiary/aromatic N) is 3. The first-order chi connectivity index (χ1) is 14.4. The molecule has 2 heterocycles. The zero-order chi connectivity index (χ0) is 21.4. The number of rotatable bonds is 4. The average Bonchev–Trinajstić information content (AvgIpc) is 3.00. The summed E-state index contributed by atoms with van der Waals surface area (Å²) in [5.74, 6) is -0.180. The molecular weight excluding hydrogens is 400 g/mol. The van der Waals surface area contributed by atoms with E-state index in [2.05, 4.69) is 10.4 Å². The van der Waals surface area contributed by atoms with Gasteiger partial charge in [0.05, 0.1) is 17.3 Å². The number of nitrogens with one attached hydrogen (secondary N) is 1. The molecule has 0 bridgehead atoms. The summed E-state index contributed by atoms with van der Waals surface area (Å²) in [6, 6.07) is 15.7. The summed E-state index contributed by atoms with van der Waals surface area (Å²) in [6.45, 7) is 5.57. The summed E-state index contributed by atoms with van der Waals surface area (Å²) in [5, 5.41) is 9.17. The molecular formula is C23H21ClN4O2. The molecule has 0 saturated carbocycles. The van der Waals surface area contributed by atoms with Crippen molar-refractivity contribution in [2.45, 2.75) is 26.8 Å². The predicted octanol–water partition coefficient (Wildman–Crippen LogP) is 4.66. The molecule has 0 aliphatic carbocycles. The molecule has 2 aromatic heterocycles. The number of para-hydroxylation sites is 1. The Morgan fingerprint density at radius 1 is 1.03 bits per heavy atom. The number of aromatic nitrogens is 3. The highest BCUT2D eigenvalue weighted by atomic mass is 35.5. The van der Waals surface area contributed by atoms with Crippen molar-refractivity contribution in [2.24, 2.45) is 0 Å². The van der Waals surface area contributed by atoms with E-state index in [1.807, 2.05) is 55.7 Å². The van der Waals surface area contributed by atoms with Crippen LogP contribution in [-0.4, -0.2) is 20.3 Å². The van der Waals surface area contributed by atoms with Gasteiger partial charge in [-0.3, -0.25) is 9.59 Å². The quantitative estimate of drug-likeness (QED) is 0.522. The highest BCUT2D eigenvalue weighted by Gasteiger charge is 2.23. The molecule has 0 aliphatic rings. The smallest absolute Gasteiger partial charge is 0.281 e. The fraction of sp³-hybridized carbons (Fsp3) is 0.174. The highest BCUT2D eigenvalue weighted by Crippen LogP contribution is 2.27. The van der Waals surface area contributed by atoms with E-state index in [1.165, 1.54) is 4.68 Å². The van der Waals surface area contributed by atoms with Gasteiger partial charge in [-0.25, -0.2) is 0 Å². The molecule has 0 spiro atoms. The highest BCUT2D eigenvalue weighted by molar-refractivity contribution is 6.30. The Labute approximate surface area is 178 Å². The Balaban J connectivity index is 1.76. The van der Waals surface area contributed by atoms with Crippen LogP contribution in [0, 0.1) is 13.8 Å². The predicted molar refractivity (Wildman–Crippen MR) is 120 cm³/mol. The van der Waals surface area contributed by atoms with Gasteiger partial charge >= 0.3 is 0 Å². The second-order valence-electron chi connectivity index (χ2n) is 7.20. The van der Waals surface area contributed by atoms with Crippen molar-refractivity contribution in [3.63, 3.8) is 0 Å². The number of fused-ring (bicyclic) bond motifs is 1. The minimum absolute atomic E-state index is 0.180. The number of carbonyl (C=O) groups is 1. The van der Waals surface area contributed by atoms with Gasteiger partial charge < -0.3 is 9.88 Å². The van der Waals surface area contributed by atoms with Crippen molar-refractivity contribution in [2.75, 3.05) is 5.32 Å². The van der Waals surface area contributed by atoms with Crippen LogP contribution in [0.25, 0.3) is 16.5 Å². The van der Waals surface area contributed by atoms with E-state index < -0.39 is 6.04 Å². The molecule has 0 radical (unpaired) electrons. The van der Waals surface area contributed by atoms with E-state index in [0.717, 1.165) is 16.8 Å². The van der Waals surface area contributed by atoms with Crippen molar-refractivity contribution < 1.29 is 4.79 Å². The normalized spacial score (nSPS) is 12.1. The Morgan fingerprint density at radius 2 is 1.70 bits per heavy atom. The Kier molecular flexibility index (Phi) is 5.18. The van der Waals surface area contributed by atoms with Crippen LogP contribution in [0.2, 0.25) is 5.02 Å². The summed E-state index contributed by atoms with van der Waals surface area (Å²) in [6.07, 6.45) is 1.69. The van der Waals surface area contributed by atoms with Gasteiger partial charge in [0, 0.05) is 27.5 Å². The van der Waals surface area contributed by atoms with Crippen LogP contribution >= 0.6 is 11.6 Å². The molecule has 7 heteroatoms.